The Morgan fingerprint density at radius 1 is 1.15 bits per heavy atom. The highest BCUT2D eigenvalue weighted by atomic mass is 35.5. The number of ether oxygens (including phenoxy) is 1. The van der Waals surface area contributed by atoms with Gasteiger partial charge in [0.25, 0.3) is 0 Å². The summed E-state index contributed by atoms with van der Waals surface area (Å²) in [5.74, 6) is 1.47. The third-order valence-corrected chi connectivity index (χ3v) is 6.19. The summed E-state index contributed by atoms with van der Waals surface area (Å²) in [5.41, 5.74) is 3.90. The van der Waals surface area contributed by atoms with Crippen LogP contribution in [0.4, 0.5) is 0 Å². The topological polar surface area (TPSA) is 44.1 Å². The number of thioether (sulfide) groups is 1. The summed E-state index contributed by atoms with van der Waals surface area (Å²) in [6.07, 6.45) is 2.87. The van der Waals surface area contributed by atoms with Crippen LogP contribution < -0.4 is 10.4 Å². The zero-order valence-electron chi connectivity index (χ0n) is 14.9. The van der Waals surface area contributed by atoms with Gasteiger partial charge in [-0.2, -0.15) is 4.98 Å². The summed E-state index contributed by atoms with van der Waals surface area (Å²) in [4.78, 5) is 17.2. The highest BCUT2D eigenvalue weighted by molar-refractivity contribution is 7.98. The number of hydrogen-bond donors (Lipinski definition) is 0. The first kappa shape index (κ1) is 18.1. The number of fused-ring (bicyclic) bond motifs is 1. The van der Waals surface area contributed by atoms with Crippen molar-refractivity contribution in [1.29, 1.82) is 0 Å². The lowest BCUT2D eigenvalue weighted by atomic mass is 10.2. The van der Waals surface area contributed by atoms with Crippen molar-refractivity contribution in [2.75, 3.05) is 7.11 Å². The van der Waals surface area contributed by atoms with E-state index in [9.17, 15) is 4.79 Å². The summed E-state index contributed by atoms with van der Waals surface area (Å²) in [6, 6.07) is 15.3. The number of halogens is 1. The Bertz CT molecular complexity index is 1030. The first-order valence-corrected chi connectivity index (χ1v) is 10.2. The second kappa shape index (κ2) is 7.79. The van der Waals surface area contributed by atoms with Crippen LogP contribution in [0, 0.1) is 0 Å². The molecule has 0 saturated heterocycles. The van der Waals surface area contributed by atoms with E-state index in [2.05, 4.69) is 4.98 Å². The van der Waals surface area contributed by atoms with Crippen LogP contribution in [0.25, 0.3) is 5.69 Å². The second-order valence-corrected chi connectivity index (χ2v) is 7.76. The smallest absolute Gasteiger partial charge is 0.353 e. The highest BCUT2D eigenvalue weighted by Crippen LogP contribution is 2.33. The van der Waals surface area contributed by atoms with Crippen LogP contribution in [0.3, 0.4) is 0 Å². The van der Waals surface area contributed by atoms with Crippen LogP contribution in [-0.4, -0.2) is 16.7 Å². The minimum absolute atomic E-state index is 0.234. The minimum Gasteiger partial charge on any atom is -0.497 e. The number of hydrogen-bond acceptors (Lipinski definition) is 4. The van der Waals surface area contributed by atoms with E-state index in [1.54, 1.807) is 23.4 Å². The van der Waals surface area contributed by atoms with Gasteiger partial charge in [-0.3, -0.25) is 4.57 Å². The van der Waals surface area contributed by atoms with Gasteiger partial charge in [-0.25, -0.2) is 4.79 Å². The van der Waals surface area contributed by atoms with Crippen molar-refractivity contribution in [2.45, 2.75) is 30.0 Å². The molecule has 0 radical (unpaired) electrons. The molecule has 4 nitrogen and oxygen atoms in total. The van der Waals surface area contributed by atoms with Gasteiger partial charge in [0.15, 0.2) is 0 Å². The number of methoxy groups -OCH3 is 1. The molecule has 1 aliphatic carbocycles. The molecule has 0 amide bonds. The lowest BCUT2D eigenvalue weighted by Gasteiger charge is -2.14. The number of aromatic nitrogens is 2. The first-order chi connectivity index (χ1) is 13.2. The Hall–Kier alpha value is -2.24. The van der Waals surface area contributed by atoms with Crippen LogP contribution in [0.2, 0.25) is 5.02 Å². The molecule has 27 heavy (non-hydrogen) atoms. The molecule has 0 aliphatic heterocycles. The molecule has 6 heteroatoms. The summed E-state index contributed by atoms with van der Waals surface area (Å²) >= 11 is 7.85. The van der Waals surface area contributed by atoms with Crippen LogP contribution in [0.5, 0.6) is 5.75 Å². The van der Waals surface area contributed by atoms with Gasteiger partial charge in [0.05, 0.1) is 12.8 Å². The maximum absolute atomic E-state index is 12.8. The molecule has 0 unspecified atom stereocenters. The van der Waals surface area contributed by atoms with Crippen LogP contribution in [0.15, 0.2) is 58.4 Å². The molecule has 4 rings (SSSR count). The molecule has 0 spiro atoms. The van der Waals surface area contributed by atoms with Crippen molar-refractivity contribution in [1.82, 2.24) is 9.55 Å². The largest absolute Gasteiger partial charge is 0.497 e. The Morgan fingerprint density at radius 3 is 2.67 bits per heavy atom. The third kappa shape index (κ3) is 3.62. The molecule has 1 heterocycles. The van der Waals surface area contributed by atoms with E-state index in [-0.39, 0.29) is 5.69 Å². The Labute approximate surface area is 167 Å². The van der Waals surface area contributed by atoms with Crippen LogP contribution in [0.1, 0.15) is 23.2 Å². The molecule has 2 aromatic carbocycles. The number of nitrogens with zero attached hydrogens (tertiary/aromatic N) is 2. The van der Waals surface area contributed by atoms with Gasteiger partial charge in [0, 0.05) is 22.0 Å². The molecule has 0 saturated carbocycles. The van der Waals surface area contributed by atoms with Crippen LogP contribution >= 0.6 is 23.4 Å². The lowest BCUT2D eigenvalue weighted by molar-refractivity contribution is 0.414. The lowest BCUT2D eigenvalue weighted by Crippen LogP contribution is -2.25. The van der Waals surface area contributed by atoms with Gasteiger partial charge in [-0.1, -0.05) is 29.8 Å². The zero-order chi connectivity index (χ0) is 18.8. The van der Waals surface area contributed by atoms with E-state index >= 15 is 0 Å². The molecule has 1 aliphatic rings. The summed E-state index contributed by atoms with van der Waals surface area (Å²) in [5, 5.41) is 1.57. The fraction of sp³-hybridized carbons (Fsp3) is 0.238. The van der Waals surface area contributed by atoms with E-state index in [4.69, 9.17) is 16.3 Å². The average Bonchev–Trinajstić information content (AvgIpc) is 3.17. The van der Waals surface area contributed by atoms with Crippen molar-refractivity contribution < 1.29 is 4.74 Å². The van der Waals surface area contributed by atoms with E-state index in [0.717, 1.165) is 52.0 Å². The fourth-order valence-corrected chi connectivity index (χ4v) is 4.77. The standard InChI is InChI=1S/C21H19ClN2O2S/c1-26-16-11-9-15(10-12-16)24-19-8-4-6-17(19)20(23-21(24)25)27-13-14-5-2-3-7-18(14)22/h2-3,5,7,9-12H,4,6,8,13H2,1H3. The van der Waals surface area contributed by atoms with E-state index in [1.807, 2.05) is 48.5 Å². The van der Waals surface area contributed by atoms with E-state index < -0.39 is 0 Å². The Morgan fingerprint density at radius 2 is 1.93 bits per heavy atom. The fourth-order valence-electron chi connectivity index (χ4n) is 3.40. The molecular formula is C21H19ClN2O2S. The average molecular weight is 399 g/mol. The van der Waals surface area contributed by atoms with Crippen LogP contribution in [-0.2, 0) is 18.6 Å². The maximum Gasteiger partial charge on any atom is 0.353 e. The highest BCUT2D eigenvalue weighted by Gasteiger charge is 2.23. The Kier molecular flexibility index (Phi) is 5.23. The molecule has 0 atom stereocenters. The monoisotopic (exact) mass is 398 g/mol. The van der Waals surface area contributed by atoms with Gasteiger partial charge in [-0.05, 0) is 55.2 Å². The third-order valence-electron chi connectivity index (χ3n) is 4.76. The molecule has 1 aromatic heterocycles. The summed E-state index contributed by atoms with van der Waals surface area (Å²) in [6.45, 7) is 0. The quantitative estimate of drug-likeness (QED) is 0.462. The maximum atomic E-state index is 12.8. The molecule has 3 aromatic rings. The zero-order valence-corrected chi connectivity index (χ0v) is 16.5. The van der Waals surface area contributed by atoms with Crippen molar-refractivity contribution >= 4 is 23.4 Å². The molecule has 0 N–H and O–H groups in total. The SMILES string of the molecule is COc1ccc(-n2c3c(c(SCc4ccccc4Cl)nc2=O)CCC3)cc1. The number of rotatable bonds is 5. The van der Waals surface area contributed by atoms with Gasteiger partial charge >= 0.3 is 5.69 Å². The predicted octanol–water partition coefficient (Wildman–Crippen LogP) is 4.68. The predicted molar refractivity (Wildman–Crippen MR) is 109 cm³/mol. The molecule has 138 valence electrons. The summed E-state index contributed by atoms with van der Waals surface area (Å²) < 4.78 is 6.95. The number of benzene rings is 2. The van der Waals surface area contributed by atoms with Crippen molar-refractivity contribution in [2.24, 2.45) is 0 Å². The van der Waals surface area contributed by atoms with Gasteiger partial charge < -0.3 is 4.74 Å². The van der Waals surface area contributed by atoms with E-state index in [1.165, 1.54) is 5.56 Å². The van der Waals surface area contributed by atoms with Gasteiger partial charge in [-0.15, -0.1) is 11.8 Å². The Balaban J connectivity index is 1.69. The first-order valence-electron chi connectivity index (χ1n) is 8.83. The second-order valence-electron chi connectivity index (χ2n) is 6.39. The molecular weight excluding hydrogens is 380 g/mol. The van der Waals surface area contributed by atoms with Gasteiger partial charge in [0.1, 0.15) is 10.8 Å². The normalized spacial score (nSPS) is 12.8. The van der Waals surface area contributed by atoms with Crippen molar-refractivity contribution in [3.05, 3.63) is 80.9 Å². The molecule has 0 fully saturated rings. The minimum atomic E-state index is -0.234. The van der Waals surface area contributed by atoms with Crippen molar-refractivity contribution in [3.63, 3.8) is 0 Å². The summed E-state index contributed by atoms with van der Waals surface area (Å²) in [7, 11) is 1.63. The molecule has 0 bridgehead atoms. The van der Waals surface area contributed by atoms with Crippen molar-refractivity contribution in [3.8, 4) is 11.4 Å². The van der Waals surface area contributed by atoms with Gasteiger partial charge in [0.2, 0.25) is 0 Å². The van der Waals surface area contributed by atoms with E-state index in [0.29, 0.717) is 5.75 Å².